The molecule has 2 aromatic rings. The first-order chi connectivity index (χ1) is 5.83. The molecule has 0 fully saturated rings. The number of fused-ring (bicyclic) bond motifs is 1. The molecule has 12 heavy (non-hydrogen) atoms. The Kier molecular flexibility index (Phi) is 1.45. The third-order valence-electron chi connectivity index (χ3n) is 1.63. The molecule has 0 unspecified atom stereocenters. The molecule has 0 aliphatic rings. The molecule has 3 nitrogen and oxygen atoms in total. The second kappa shape index (κ2) is 2.47. The summed E-state index contributed by atoms with van der Waals surface area (Å²) in [5.74, 6) is 0. The lowest BCUT2D eigenvalue weighted by atomic mass is 10.2. The molecule has 0 saturated carbocycles. The van der Waals surface area contributed by atoms with Gasteiger partial charge >= 0.3 is 0 Å². The zero-order valence-corrected chi connectivity index (χ0v) is 6.81. The van der Waals surface area contributed by atoms with E-state index in [1.807, 2.05) is 6.07 Å². The number of aromatic nitrogens is 1. The van der Waals surface area contributed by atoms with Crippen LogP contribution >= 0.6 is 11.5 Å². The van der Waals surface area contributed by atoms with Crippen molar-refractivity contribution in [3.63, 3.8) is 0 Å². The van der Waals surface area contributed by atoms with Crippen LogP contribution in [0.4, 0.5) is 0 Å². The van der Waals surface area contributed by atoms with Crippen molar-refractivity contribution in [1.82, 2.24) is 4.37 Å². The minimum Gasteiger partial charge on any atom is -0.277 e. The second-order valence-electron chi connectivity index (χ2n) is 2.33. The number of hydrogen-bond acceptors (Lipinski definition) is 3. The highest BCUT2D eigenvalue weighted by atomic mass is 32.1. The van der Waals surface area contributed by atoms with Crippen LogP contribution in [0, 0.1) is 11.3 Å². The Bertz CT molecular complexity index is 518. The summed E-state index contributed by atoms with van der Waals surface area (Å²) < 4.78 is 3.33. The highest BCUT2D eigenvalue weighted by Crippen LogP contribution is 2.17. The highest BCUT2D eigenvalue weighted by molar-refractivity contribution is 7.13. The average Bonchev–Trinajstić information content (AvgIpc) is 2.48. The summed E-state index contributed by atoms with van der Waals surface area (Å²) in [6, 6.07) is 7.16. The van der Waals surface area contributed by atoms with Crippen molar-refractivity contribution in [2.24, 2.45) is 0 Å². The van der Waals surface area contributed by atoms with E-state index in [9.17, 15) is 4.79 Å². The van der Waals surface area contributed by atoms with E-state index in [4.69, 9.17) is 5.26 Å². The van der Waals surface area contributed by atoms with Crippen LogP contribution < -0.4 is 5.56 Å². The molecule has 0 atom stereocenters. The van der Waals surface area contributed by atoms with Crippen molar-refractivity contribution in [1.29, 1.82) is 5.26 Å². The topological polar surface area (TPSA) is 56.6 Å². The molecule has 0 aliphatic heterocycles. The number of nitriles is 1. The summed E-state index contributed by atoms with van der Waals surface area (Å²) in [5, 5.41) is 9.28. The molecule has 2 rings (SSSR count). The van der Waals surface area contributed by atoms with Crippen LogP contribution in [0.1, 0.15) is 5.56 Å². The third kappa shape index (κ3) is 0.840. The van der Waals surface area contributed by atoms with Gasteiger partial charge in [0.05, 0.1) is 15.6 Å². The Morgan fingerprint density at radius 1 is 1.50 bits per heavy atom. The van der Waals surface area contributed by atoms with Crippen LogP contribution in [0.15, 0.2) is 23.0 Å². The molecule has 0 amide bonds. The van der Waals surface area contributed by atoms with Crippen LogP contribution in [0.3, 0.4) is 0 Å². The van der Waals surface area contributed by atoms with Crippen molar-refractivity contribution >= 4 is 21.6 Å². The molecular formula is C8H4N2OS. The number of benzene rings is 1. The normalized spacial score (nSPS) is 9.92. The molecule has 58 valence electrons. The fourth-order valence-corrected chi connectivity index (χ4v) is 1.87. The summed E-state index contributed by atoms with van der Waals surface area (Å²) in [4.78, 5) is 11.1. The lowest BCUT2D eigenvalue weighted by Crippen LogP contribution is -1.95. The molecular weight excluding hydrogens is 172 g/mol. The molecule has 0 radical (unpaired) electrons. The van der Waals surface area contributed by atoms with Crippen molar-refractivity contribution in [3.8, 4) is 6.07 Å². The van der Waals surface area contributed by atoms with Crippen molar-refractivity contribution in [3.05, 3.63) is 34.1 Å². The zero-order valence-electron chi connectivity index (χ0n) is 6.00. The van der Waals surface area contributed by atoms with E-state index in [1.54, 1.807) is 18.2 Å². The minimum atomic E-state index is -0.118. The van der Waals surface area contributed by atoms with Gasteiger partial charge < -0.3 is 0 Å². The minimum absolute atomic E-state index is 0.118. The van der Waals surface area contributed by atoms with Crippen LogP contribution in [0.25, 0.3) is 10.1 Å². The molecule has 4 heteroatoms. The van der Waals surface area contributed by atoms with Gasteiger partial charge in [0.1, 0.15) is 6.07 Å². The molecule has 0 bridgehead atoms. The maximum Gasteiger partial charge on any atom is 0.265 e. The summed E-state index contributed by atoms with van der Waals surface area (Å²) in [6.45, 7) is 0. The maximum atomic E-state index is 11.1. The first-order valence-corrected chi connectivity index (χ1v) is 4.15. The van der Waals surface area contributed by atoms with E-state index in [0.29, 0.717) is 10.9 Å². The SMILES string of the molecule is N#Cc1cccc2c(=O)[nH]sc12. The van der Waals surface area contributed by atoms with Gasteiger partial charge in [-0.15, -0.1) is 0 Å². The average molecular weight is 176 g/mol. The fraction of sp³-hybridized carbons (Fsp3) is 0. The summed E-state index contributed by atoms with van der Waals surface area (Å²) in [7, 11) is 0. The Morgan fingerprint density at radius 2 is 2.33 bits per heavy atom. The molecule has 1 heterocycles. The first kappa shape index (κ1) is 7.07. The monoisotopic (exact) mass is 176 g/mol. The summed E-state index contributed by atoms with van der Waals surface area (Å²) >= 11 is 1.21. The number of nitrogens with one attached hydrogen (secondary N) is 1. The Hall–Kier alpha value is -1.60. The summed E-state index contributed by atoms with van der Waals surface area (Å²) in [6.07, 6.45) is 0. The second-order valence-corrected chi connectivity index (χ2v) is 3.14. The quantitative estimate of drug-likeness (QED) is 0.660. The third-order valence-corrected chi connectivity index (χ3v) is 2.56. The predicted molar refractivity (Wildman–Crippen MR) is 47.2 cm³/mol. The molecule has 1 aromatic heterocycles. The van der Waals surface area contributed by atoms with E-state index >= 15 is 0 Å². The predicted octanol–water partition coefficient (Wildman–Crippen LogP) is 1.46. The standard InChI is InChI=1S/C8H4N2OS/c9-4-5-2-1-3-6-7(5)12-10-8(6)11/h1-3H,(H,10,11). The lowest BCUT2D eigenvalue weighted by Gasteiger charge is -1.87. The smallest absolute Gasteiger partial charge is 0.265 e. The van der Waals surface area contributed by atoms with Crippen molar-refractivity contribution in [2.45, 2.75) is 0 Å². The van der Waals surface area contributed by atoms with Gasteiger partial charge in [0.15, 0.2) is 0 Å². The van der Waals surface area contributed by atoms with Gasteiger partial charge in [-0.2, -0.15) is 5.26 Å². The highest BCUT2D eigenvalue weighted by Gasteiger charge is 2.04. The van der Waals surface area contributed by atoms with Gasteiger partial charge in [-0.25, -0.2) is 0 Å². The van der Waals surface area contributed by atoms with E-state index in [2.05, 4.69) is 4.37 Å². The zero-order chi connectivity index (χ0) is 8.55. The van der Waals surface area contributed by atoms with Gasteiger partial charge in [-0.3, -0.25) is 9.17 Å². The number of nitrogens with zero attached hydrogens (tertiary/aromatic N) is 1. The van der Waals surface area contributed by atoms with E-state index in [1.165, 1.54) is 11.5 Å². The van der Waals surface area contributed by atoms with Crippen LogP contribution in [-0.2, 0) is 0 Å². The Labute approximate surface area is 72.0 Å². The van der Waals surface area contributed by atoms with Gasteiger partial charge in [-0.05, 0) is 12.1 Å². The Balaban J connectivity index is 3.02. The van der Waals surface area contributed by atoms with E-state index < -0.39 is 0 Å². The van der Waals surface area contributed by atoms with Gasteiger partial charge in [0.2, 0.25) is 0 Å². The first-order valence-electron chi connectivity index (χ1n) is 3.33. The van der Waals surface area contributed by atoms with Crippen molar-refractivity contribution in [2.75, 3.05) is 0 Å². The number of H-pyrrole nitrogens is 1. The van der Waals surface area contributed by atoms with E-state index in [0.717, 1.165) is 4.70 Å². The number of aromatic amines is 1. The van der Waals surface area contributed by atoms with Crippen molar-refractivity contribution < 1.29 is 0 Å². The molecule has 0 aliphatic carbocycles. The molecule has 0 saturated heterocycles. The number of hydrogen-bond donors (Lipinski definition) is 1. The van der Waals surface area contributed by atoms with Crippen LogP contribution in [-0.4, -0.2) is 4.37 Å². The van der Waals surface area contributed by atoms with Gasteiger partial charge in [0, 0.05) is 0 Å². The molecule has 1 N–H and O–H groups in total. The van der Waals surface area contributed by atoms with Crippen LogP contribution in [0.2, 0.25) is 0 Å². The largest absolute Gasteiger partial charge is 0.277 e. The number of rotatable bonds is 0. The Morgan fingerprint density at radius 3 is 3.08 bits per heavy atom. The van der Waals surface area contributed by atoms with Gasteiger partial charge in [0.25, 0.3) is 5.56 Å². The summed E-state index contributed by atoms with van der Waals surface area (Å²) in [5.41, 5.74) is 0.433. The maximum absolute atomic E-state index is 11.1. The molecule has 1 aromatic carbocycles. The fourth-order valence-electron chi connectivity index (χ4n) is 1.07. The molecule has 0 spiro atoms. The van der Waals surface area contributed by atoms with E-state index in [-0.39, 0.29) is 5.56 Å². The lowest BCUT2D eigenvalue weighted by molar-refractivity contribution is 1.46. The van der Waals surface area contributed by atoms with Crippen LogP contribution in [0.5, 0.6) is 0 Å². The van der Waals surface area contributed by atoms with Gasteiger partial charge in [-0.1, -0.05) is 17.6 Å².